The molecule has 0 aromatic carbocycles. The molecule has 6 heteroatoms. The molecule has 6 nitrogen and oxygen atoms in total. The molecule has 1 atom stereocenters. The zero-order chi connectivity index (χ0) is 51.4. The SMILES string of the molecule is CCCCCCC/C=C\C/C=C\CCCCCCCCCCCCCCCCCCCC(=O)OCC(COC(=O)CCCCCCCCCCC)OC(=O)CCCCCCCCCCCCCCCCC. The smallest absolute Gasteiger partial charge is 0.306 e. The summed E-state index contributed by atoms with van der Waals surface area (Å²) >= 11 is 0. The maximum absolute atomic E-state index is 12.8. The molecule has 71 heavy (non-hydrogen) atoms. The predicted octanol–water partition coefficient (Wildman–Crippen LogP) is 21.4. The Balaban J connectivity index is 4.07. The first kappa shape index (κ1) is 68.9. The Bertz CT molecular complexity index is 1150. The molecule has 0 aromatic heterocycles. The van der Waals surface area contributed by atoms with Gasteiger partial charge in [0.25, 0.3) is 0 Å². The summed E-state index contributed by atoms with van der Waals surface area (Å²) in [6.07, 6.45) is 72.0. The number of hydrogen-bond acceptors (Lipinski definition) is 6. The molecule has 0 N–H and O–H groups in total. The second kappa shape index (κ2) is 60.4. The summed E-state index contributed by atoms with van der Waals surface area (Å²) in [7, 11) is 0. The minimum Gasteiger partial charge on any atom is -0.462 e. The van der Waals surface area contributed by atoms with Gasteiger partial charge in [0, 0.05) is 19.3 Å². The van der Waals surface area contributed by atoms with E-state index in [9.17, 15) is 14.4 Å². The lowest BCUT2D eigenvalue weighted by Gasteiger charge is -2.18. The standard InChI is InChI=1S/C65H122O6/c1-4-7-10-13-16-19-21-23-25-26-27-28-29-30-31-32-33-34-35-36-37-38-40-41-43-46-49-52-55-58-64(67)70-61-62(60-69-63(66)57-54-51-48-45-18-15-12-9-6-3)71-65(68)59-56-53-50-47-44-42-39-24-22-20-17-14-11-8-5-2/h21,23,26-27,62H,4-20,22,24-25,28-61H2,1-3H3/b23-21-,27-26-. The van der Waals surface area contributed by atoms with E-state index < -0.39 is 6.10 Å². The first-order valence-corrected chi connectivity index (χ1v) is 31.8. The highest BCUT2D eigenvalue weighted by Gasteiger charge is 2.19. The molecule has 0 rings (SSSR count). The maximum Gasteiger partial charge on any atom is 0.306 e. The molecule has 0 fully saturated rings. The van der Waals surface area contributed by atoms with Crippen molar-refractivity contribution in [2.24, 2.45) is 0 Å². The van der Waals surface area contributed by atoms with E-state index in [1.165, 1.54) is 250 Å². The molecule has 0 saturated heterocycles. The largest absolute Gasteiger partial charge is 0.462 e. The third-order valence-corrected chi connectivity index (χ3v) is 14.5. The molecule has 418 valence electrons. The molecule has 0 aliphatic rings. The normalized spacial score (nSPS) is 12.1. The Kier molecular flexibility index (Phi) is 58.6. The Morgan fingerprint density at radius 1 is 0.282 bits per heavy atom. The molecule has 0 amide bonds. The monoisotopic (exact) mass is 999 g/mol. The van der Waals surface area contributed by atoms with Crippen LogP contribution >= 0.6 is 0 Å². The van der Waals surface area contributed by atoms with Gasteiger partial charge in [-0.25, -0.2) is 0 Å². The maximum atomic E-state index is 12.8. The summed E-state index contributed by atoms with van der Waals surface area (Å²) in [6, 6.07) is 0. The Labute approximate surface area is 443 Å². The first-order valence-electron chi connectivity index (χ1n) is 31.8. The van der Waals surface area contributed by atoms with Crippen molar-refractivity contribution in [3.05, 3.63) is 24.3 Å². The average Bonchev–Trinajstić information content (AvgIpc) is 3.37. The van der Waals surface area contributed by atoms with Gasteiger partial charge in [0.1, 0.15) is 13.2 Å². The summed E-state index contributed by atoms with van der Waals surface area (Å²) in [5.74, 6) is -0.842. The average molecular weight is 1000 g/mol. The number of hydrogen-bond donors (Lipinski definition) is 0. The van der Waals surface area contributed by atoms with E-state index in [1.807, 2.05) is 0 Å². The van der Waals surface area contributed by atoms with E-state index >= 15 is 0 Å². The number of allylic oxidation sites excluding steroid dienone is 4. The van der Waals surface area contributed by atoms with Crippen LogP contribution in [0.2, 0.25) is 0 Å². The molecular weight excluding hydrogens is 877 g/mol. The quantitative estimate of drug-likeness (QED) is 0.0261. The van der Waals surface area contributed by atoms with E-state index in [4.69, 9.17) is 14.2 Å². The van der Waals surface area contributed by atoms with Crippen molar-refractivity contribution < 1.29 is 28.6 Å². The van der Waals surface area contributed by atoms with Crippen LogP contribution in [-0.2, 0) is 28.6 Å². The first-order chi connectivity index (χ1) is 35.0. The third kappa shape index (κ3) is 58.7. The van der Waals surface area contributed by atoms with E-state index in [1.54, 1.807) is 0 Å². The number of rotatable bonds is 59. The van der Waals surface area contributed by atoms with Crippen LogP contribution in [0.15, 0.2) is 24.3 Å². The molecule has 0 aromatic rings. The minimum atomic E-state index is -0.764. The number of ether oxygens (including phenoxy) is 3. The van der Waals surface area contributed by atoms with E-state index in [0.29, 0.717) is 19.3 Å². The summed E-state index contributed by atoms with van der Waals surface area (Å²) in [6.45, 7) is 6.67. The highest BCUT2D eigenvalue weighted by atomic mass is 16.6. The highest BCUT2D eigenvalue weighted by Crippen LogP contribution is 2.18. The molecule has 0 bridgehead atoms. The van der Waals surface area contributed by atoms with Gasteiger partial charge in [-0.3, -0.25) is 14.4 Å². The van der Waals surface area contributed by atoms with Crippen LogP contribution in [0.4, 0.5) is 0 Å². The van der Waals surface area contributed by atoms with Gasteiger partial charge < -0.3 is 14.2 Å². The van der Waals surface area contributed by atoms with Crippen LogP contribution in [-0.4, -0.2) is 37.2 Å². The van der Waals surface area contributed by atoms with Crippen LogP contribution in [0.25, 0.3) is 0 Å². The third-order valence-electron chi connectivity index (χ3n) is 14.5. The van der Waals surface area contributed by atoms with E-state index in [-0.39, 0.29) is 31.1 Å². The van der Waals surface area contributed by atoms with Crippen LogP contribution in [0.5, 0.6) is 0 Å². The van der Waals surface area contributed by atoms with Gasteiger partial charge in [-0.1, -0.05) is 308 Å². The van der Waals surface area contributed by atoms with E-state index in [0.717, 1.165) is 64.2 Å². The van der Waals surface area contributed by atoms with Gasteiger partial charge in [-0.15, -0.1) is 0 Å². The van der Waals surface area contributed by atoms with Crippen molar-refractivity contribution >= 4 is 17.9 Å². The van der Waals surface area contributed by atoms with Gasteiger partial charge >= 0.3 is 17.9 Å². The summed E-state index contributed by atoms with van der Waals surface area (Å²) in [4.78, 5) is 38.1. The van der Waals surface area contributed by atoms with Gasteiger partial charge in [0.15, 0.2) is 6.10 Å². The molecule has 0 heterocycles. The van der Waals surface area contributed by atoms with Crippen molar-refractivity contribution in [3.63, 3.8) is 0 Å². The zero-order valence-corrected chi connectivity index (χ0v) is 48.0. The van der Waals surface area contributed by atoms with Crippen molar-refractivity contribution in [3.8, 4) is 0 Å². The fourth-order valence-electron chi connectivity index (χ4n) is 9.65. The molecule has 0 radical (unpaired) electrons. The van der Waals surface area contributed by atoms with Crippen LogP contribution in [0.1, 0.15) is 355 Å². The minimum absolute atomic E-state index is 0.0644. The summed E-state index contributed by atoms with van der Waals surface area (Å²) in [5, 5.41) is 0. The second-order valence-electron chi connectivity index (χ2n) is 21.7. The van der Waals surface area contributed by atoms with Gasteiger partial charge in [-0.2, -0.15) is 0 Å². The van der Waals surface area contributed by atoms with Crippen molar-refractivity contribution in [1.29, 1.82) is 0 Å². The molecule has 0 saturated carbocycles. The second-order valence-corrected chi connectivity index (χ2v) is 21.7. The van der Waals surface area contributed by atoms with Crippen LogP contribution in [0.3, 0.4) is 0 Å². The number of carbonyl (C=O) groups excluding carboxylic acids is 3. The summed E-state index contributed by atoms with van der Waals surface area (Å²) in [5.41, 5.74) is 0. The van der Waals surface area contributed by atoms with Crippen molar-refractivity contribution in [2.45, 2.75) is 361 Å². The van der Waals surface area contributed by atoms with E-state index in [2.05, 4.69) is 45.1 Å². The fraction of sp³-hybridized carbons (Fsp3) is 0.892. The predicted molar refractivity (Wildman–Crippen MR) is 307 cm³/mol. The molecule has 0 aliphatic heterocycles. The lowest BCUT2D eigenvalue weighted by Crippen LogP contribution is -2.30. The van der Waals surface area contributed by atoms with Crippen LogP contribution < -0.4 is 0 Å². The molecular formula is C65H122O6. The Morgan fingerprint density at radius 2 is 0.507 bits per heavy atom. The number of unbranched alkanes of at least 4 members (excludes halogenated alkanes) is 44. The lowest BCUT2D eigenvalue weighted by atomic mass is 10.0. The lowest BCUT2D eigenvalue weighted by molar-refractivity contribution is -0.167. The topological polar surface area (TPSA) is 78.9 Å². The molecule has 1 unspecified atom stereocenters. The van der Waals surface area contributed by atoms with Gasteiger partial charge in [0.05, 0.1) is 0 Å². The van der Waals surface area contributed by atoms with Crippen molar-refractivity contribution in [2.75, 3.05) is 13.2 Å². The fourth-order valence-corrected chi connectivity index (χ4v) is 9.65. The summed E-state index contributed by atoms with van der Waals surface area (Å²) < 4.78 is 16.9. The van der Waals surface area contributed by atoms with Crippen molar-refractivity contribution in [1.82, 2.24) is 0 Å². The highest BCUT2D eigenvalue weighted by molar-refractivity contribution is 5.71. The Morgan fingerprint density at radius 3 is 0.775 bits per heavy atom. The molecule has 0 spiro atoms. The molecule has 0 aliphatic carbocycles. The number of esters is 3. The van der Waals surface area contributed by atoms with Gasteiger partial charge in [0.2, 0.25) is 0 Å². The number of carbonyl (C=O) groups is 3. The van der Waals surface area contributed by atoms with Gasteiger partial charge in [-0.05, 0) is 51.4 Å². The Hall–Kier alpha value is -2.11. The zero-order valence-electron chi connectivity index (χ0n) is 48.0. The van der Waals surface area contributed by atoms with Crippen LogP contribution in [0, 0.1) is 0 Å².